The third-order valence-electron chi connectivity index (χ3n) is 4.30. The Labute approximate surface area is 184 Å². The smallest absolute Gasteiger partial charge is 0.333 e. The Balaban J connectivity index is 2.30. The molecule has 164 valence electrons. The van der Waals surface area contributed by atoms with Gasteiger partial charge in [0, 0.05) is 23.6 Å². The molecule has 0 fully saturated rings. The number of aliphatic carboxylic acids is 1. The number of nitrogens with one attached hydrogen (secondary N) is 1. The van der Waals surface area contributed by atoms with Gasteiger partial charge in [-0.1, -0.05) is 17.7 Å². The zero-order valence-electron chi connectivity index (χ0n) is 17.2. The fourth-order valence-electron chi connectivity index (χ4n) is 3.01. The Bertz CT molecular complexity index is 1020. The number of methoxy groups -OCH3 is 1. The maximum absolute atomic E-state index is 14.0. The van der Waals surface area contributed by atoms with E-state index in [4.69, 9.17) is 21.1 Å². The minimum atomic E-state index is -1.13. The van der Waals surface area contributed by atoms with Gasteiger partial charge in [0.05, 0.1) is 24.3 Å². The zero-order valence-corrected chi connectivity index (χ0v) is 18.0. The van der Waals surface area contributed by atoms with Crippen LogP contribution in [0.25, 0.3) is 0 Å². The monoisotopic (exact) mass is 448 g/mol. The van der Waals surface area contributed by atoms with E-state index in [1.54, 1.807) is 19.9 Å². The van der Waals surface area contributed by atoms with Crippen molar-refractivity contribution in [3.05, 3.63) is 63.4 Å². The predicted octanol–water partition coefficient (Wildman–Crippen LogP) is 3.71. The third kappa shape index (κ3) is 6.41. The van der Waals surface area contributed by atoms with Gasteiger partial charge in [0.25, 0.3) is 5.91 Å². The number of rotatable bonds is 9. The van der Waals surface area contributed by atoms with Gasteiger partial charge in [0.2, 0.25) is 0 Å². The topological polar surface area (TPSA) is 109 Å². The molecule has 0 spiro atoms. The summed E-state index contributed by atoms with van der Waals surface area (Å²) in [6, 6.07) is 8.84. The van der Waals surface area contributed by atoms with E-state index < -0.39 is 23.8 Å². The normalized spacial score (nSPS) is 11.6. The first-order valence-electron chi connectivity index (χ1n) is 9.37. The highest BCUT2D eigenvalue weighted by molar-refractivity contribution is 6.30. The number of benzene rings is 2. The predicted molar refractivity (Wildman–Crippen MR) is 112 cm³/mol. The number of hydrogen-bond acceptors (Lipinski definition) is 5. The molecule has 0 saturated heterocycles. The molecule has 0 saturated carbocycles. The van der Waals surface area contributed by atoms with Crippen molar-refractivity contribution in [1.82, 2.24) is 5.32 Å². The van der Waals surface area contributed by atoms with E-state index in [0.717, 1.165) is 6.07 Å². The second kappa shape index (κ2) is 10.8. The van der Waals surface area contributed by atoms with Crippen LogP contribution in [-0.4, -0.2) is 36.3 Å². The number of carbonyl (C=O) groups is 2. The number of halogens is 2. The summed E-state index contributed by atoms with van der Waals surface area (Å²) < 4.78 is 24.7. The Kier molecular flexibility index (Phi) is 8.37. The zero-order chi connectivity index (χ0) is 23.1. The number of carbonyl (C=O) groups excluding carboxylic acids is 1. The molecule has 2 aromatic rings. The van der Waals surface area contributed by atoms with E-state index in [2.05, 4.69) is 5.32 Å². The molecule has 1 atom stereocenters. The Hall–Kier alpha value is -3.15. The number of hydrogen-bond donors (Lipinski definition) is 2. The van der Waals surface area contributed by atoms with Gasteiger partial charge >= 0.3 is 5.97 Å². The first-order valence-corrected chi connectivity index (χ1v) is 9.75. The minimum Gasteiger partial charge on any atom is -0.495 e. The molecular formula is C22H22ClFN2O5. The number of amides is 1. The minimum absolute atomic E-state index is 0.0128. The maximum atomic E-state index is 14.0. The van der Waals surface area contributed by atoms with Gasteiger partial charge in [-0.05, 0) is 43.7 Å². The molecule has 9 heteroatoms. The molecule has 0 radical (unpaired) electrons. The van der Waals surface area contributed by atoms with Gasteiger partial charge in [-0.2, -0.15) is 5.26 Å². The Morgan fingerprint density at radius 2 is 2.00 bits per heavy atom. The molecule has 2 N–H and O–H groups in total. The van der Waals surface area contributed by atoms with Crippen molar-refractivity contribution >= 4 is 23.5 Å². The average Bonchev–Trinajstić information content (AvgIpc) is 2.70. The number of ether oxygens (including phenoxy) is 2. The summed E-state index contributed by atoms with van der Waals surface area (Å²) in [5.74, 6) is -2.33. The second-order valence-electron chi connectivity index (χ2n) is 6.97. The summed E-state index contributed by atoms with van der Waals surface area (Å²) in [6.45, 7) is 3.37. The van der Waals surface area contributed by atoms with E-state index >= 15 is 0 Å². The molecule has 1 unspecified atom stereocenters. The summed E-state index contributed by atoms with van der Waals surface area (Å²) >= 11 is 5.71. The lowest BCUT2D eigenvalue weighted by Crippen LogP contribution is -2.29. The molecule has 2 aromatic carbocycles. The highest BCUT2D eigenvalue weighted by atomic mass is 35.5. The van der Waals surface area contributed by atoms with E-state index in [9.17, 15) is 24.3 Å². The van der Waals surface area contributed by atoms with Crippen LogP contribution in [-0.2, 0) is 22.5 Å². The van der Waals surface area contributed by atoms with Crippen LogP contribution in [0.2, 0.25) is 5.02 Å². The van der Waals surface area contributed by atoms with Crippen LogP contribution in [0.15, 0.2) is 30.3 Å². The summed E-state index contributed by atoms with van der Waals surface area (Å²) in [6.07, 6.45) is -1.40. The summed E-state index contributed by atoms with van der Waals surface area (Å²) in [5, 5.41) is 21.6. The molecule has 0 aromatic heterocycles. The van der Waals surface area contributed by atoms with E-state index in [0.29, 0.717) is 11.1 Å². The van der Waals surface area contributed by atoms with Crippen molar-refractivity contribution in [2.45, 2.75) is 39.0 Å². The largest absolute Gasteiger partial charge is 0.495 e. The molecule has 0 heterocycles. The lowest BCUT2D eigenvalue weighted by molar-refractivity contribution is -0.153. The van der Waals surface area contributed by atoms with E-state index in [1.165, 1.54) is 25.3 Å². The van der Waals surface area contributed by atoms with Crippen LogP contribution in [0, 0.1) is 17.1 Å². The average molecular weight is 449 g/mol. The van der Waals surface area contributed by atoms with E-state index in [1.807, 2.05) is 6.07 Å². The molecule has 0 aliphatic rings. The van der Waals surface area contributed by atoms with Crippen LogP contribution in [0.5, 0.6) is 5.75 Å². The van der Waals surface area contributed by atoms with Gasteiger partial charge in [-0.25, -0.2) is 9.18 Å². The first kappa shape index (κ1) is 24.1. The van der Waals surface area contributed by atoms with Gasteiger partial charge in [0.1, 0.15) is 17.6 Å². The number of nitrogens with zero attached hydrogens (tertiary/aromatic N) is 1. The lowest BCUT2D eigenvalue weighted by atomic mass is 9.99. The molecular weight excluding hydrogens is 427 g/mol. The van der Waals surface area contributed by atoms with Crippen LogP contribution >= 0.6 is 11.6 Å². The van der Waals surface area contributed by atoms with Crippen LogP contribution in [0.3, 0.4) is 0 Å². The van der Waals surface area contributed by atoms with Crippen molar-refractivity contribution in [1.29, 1.82) is 5.26 Å². The highest BCUT2D eigenvalue weighted by Gasteiger charge is 2.22. The summed E-state index contributed by atoms with van der Waals surface area (Å²) in [4.78, 5) is 23.9. The van der Waals surface area contributed by atoms with Crippen molar-refractivity contribution in [2.75, 3.05) is 7.11 Å². The quantitative estimate of drug-likeness (QED) is 0.605. The molecule has 0 bridgehead atoms. The highest BCUT2D eigenvalue weighted by Crippen LogP contribution is 2.27. The Morgan fingerprint density at radius 3 is 2.55 bits per heavy atom. The van der Waals surface area contributed by atoms with Gasteiger partial charge < -0.3 is 19.9 Å². The summed E-state index contributed by atoms with van der Waals surface area (Å²) in [7, 11) is 1.38. The molecule has 0 aliphatic carbocycles. The van der Waals surface area contributed by atoms with Crippen molar-refractivity contribution in [3.8, 4) is 11.8 Å². The van der Waals surface area contributed by atoms with Gasteiger partial charge in [0.15, 0.2) is 6.10 Å². The fourth-order valence-corrected chi connectivity index (χ4v) is 3.17. The molecule has 7 nitrogen and oxygen atoms in total. The SMILES string of the molecule is COc1c(C#N)cc(CC(OC(C)C)C(=O)O)cc1CNC(=O)c1ccc(Cl)cc1F. The molecule has 0 aliphatic heterocycles. The second-order valence-corrected chi connectivity index (χ2v) is 7.41. The van der Waals surface area contributed by atoms with Crippen LogP contribution < -0.4 is 10.1 Å². The third-order valence-corrected chi connectivity index (χ3v) is 4.53. The van der Waals surface area contributed by atoms with Crippen molar-refractivity contribution in [3.63, 3.8) is 0 Å². The molecule has 1 amide bonds. The Morgan fingerprint density at radius 1 is 1.29 bits per heavy atom. The van der Waals surface area contributed by atoms with Crippen LogP contribution in [0.1, 0.15) is 40.9 Å². The number of nitriles is 1. The van der Waals surface area contributed by atoms with Crippen molar-refractivity contribution in [2.24, 2.45) is 0 Å². The fraction of sp³-hybridized carbons (Fsp3) is 0.318. The van der Waals surface area contributed by atoms with Crippen LogP contribution in [0.4, 0.5) is 4.39 Å². The van der Waals surface area contributed by atoms with Crippen molar-refractivity contribution < 1.29 is 28.6 Å². The number of carboxylic acid groups (broad SMARTS) is 1. The molecule has 31 heavy (non-hydrogen) atoms. The lowest BCUT2D eigenvalue weighted by Gasteiger charge is -2.18. The molecule has 2 rings (SSSR count). The first-order chi connectivity index (χ1) is 14.7. The van der Waals surface area contributed by atoms with Gasteiger partial charge in [-0.15, -0.1) is 0 Å². The van der Waals surface area contributed by atoms with Gasteiger partial charge in [-0.3, -0.25) is 4.79 Å². The van der Waals surface area contributed by atoms with E-state index in [-0.39, 0.29) is 41.0 Å². The standard InChI is InChI=1S/C22H22ClFN2O5/c1-12(2)31-19(22(28)29)8-13-6-14(10-25)20(30-3)15(7-13)11-26-21(27)17-5-4-16(23)9-18(17)24/h4-7,9,12,19H,8,11H2,1-3H3,(H,26,27)(H,28,29). The number of carboxylic acids is 1. The summed E-state index contributed by atoms with van der Waals surface area (Å²) in [5.41, 5.74) is 0.951. The maximum Gasteiger partial charge on any atom is 0.333 e.